The van der Waals surface area contributed by atoms with Crippen LogP contribution in [0.5, 0.6) is 0 Å². The minimum atomic E-state index is -2.49. The van der Waals surface area contributed by atoms with E-state index in [1.54, 1.807) is 58.9 Å². The molecule has 0 spiro atoms. The normalized spacial score (nSPS) is 35.8. The lowest BCUT2D eigenvalue weighted by Gasteiger charge is -2.42. The number of aliphatic hydroxyl groups excluding tert-OH is 4. The van der Waals surface area contributed by atoms with Gasteiger partial charge in [-0.1, -0.05) is 71.1 Å². The fourth-order valence-electron chi connectivity index (χ4n) is 10.7. The Kier molecular flexibility index (Phi) is 24.0. The average molecular weight is 1050 g/mol. The third-order valence-corrected chi connectivity index (χ3v) is 16.2. The number of esters is 2. The molecule has 0 aromatic rings. The molecule has 5 N–H and O–H groups in total. The zero-order chi connectivity index (χ0) is 55.2. The second kappa shape index (κ2) is 28.4. The molecule has 1 amide bonds. The molecule has 18 nitrogen and oxygen atoms in total. The summed E-state index contributed by atoms with van der Waals surface area (Å²) in [7, 11) is 4.32. The molecule has 0 radical (unpaired) electrons. The van der Waals surface area contributed by atoms with Crippen molar-refractivity contribution in [1.29, 1.82) is 0 Å². The fraction of sp³-hybridized carbons (Fsp3) is 0.750. The molecule has 74 heavy (non-hydrogen) atoms. The highest BCUT2D eigenvalue weighted by Crippen LogP contribution is 2.38. The van der Waals surface area contributed by atoms with Crippen LogP contribution in [-0.4, -0.2) is 167 Å². The molecule has 3 heterocycles. The van der Waals surface area contributed by atoms with Gasteiger partial charge in [-0.15, -0.1) is 0 Å². The van der Waals surface area contributed by atoms with Gasteiger partial charge in [0.15, 0.2) is 11.6 Å². The first kappa shape index (κ1) is 62.6. The number of amides is 1. The highest BCUT2D eigenvalue weighted by Gasteiger charge is 2.53. The predicted molar refractivity (Wildman–Crippen MR) is 273 cm³/mol. The van der Waals surface area contributed by atoms with Gasteiger partial charge in [0.1, 0.15) is 29.8 Å². The Labute approximate surface area is 437 Å². The molecule has 3 unspecified atom stereocenters. The number of nitrogens with zero attached hydrogens (tertiary/aromatic N) is 1. The third-order valence-electron chi connectivity index (χ3n) is 16.2. The smallest absolute Gasteiger partial charge is 0.329 e. The van der Waals surface area contributed by atoms with Crippen molar-refractivity contribution >= 4 is 35.2 Å². The van der Waals surface area contributed by atoms with Gasteiger partial charge >= 0.3 is 11.9 Å². The maximum Gasteiger partial charge on any atom is 0.329 e. The van der Waals surface area contributed by atoms with Crippen molar-refractivity contribution in [3.05, 3.63) is 47.6 Å². The number of carbonyl (C=O) groups is 6. The molecule has 2 bridgehead atoms. The van der Waals surface area contributed by atoms with Gasteiger partial charge in [0.2, 0.25) is 5.79 Å². The number of ether oxygens (including phenoxy) is 6. The Morgan fingerprint density at radius 3 is 2.18 bits per heavy atom. The van der Waals surface area contributed by atoms with E-state index in [2.05, 4.69) is 0 Å². The van der Waals surface area contributed by atoms with E-state index in [1.165, 1.54) is 34.3 Å². The summed E-state index contributed by atoms with van der Waals surface area (Å²) in [6.07, 6.45) is 6.83. The van der Waals surface area contributed by atoms with Gasteiger partial charge in [-0.05, 0) is 102 Å². The lowest BCUT2D eigenvalue weighted by molar-refractivity contribution is -0.265. The Morgan fingerprint density at radius 2 is 1.54 bits per heavy atom. The number of cyclic esters (lactones) is 1. The molecule has 16 atom stereocenters. The van der Waals surface area contributed by atoms with Crippen molar-refractivity contribution in [3.63, 3.8) is 0 Å². The van der Waals surface area contributed by atoms with Crippen molar-refractivity contribution in [3.8, 4) is 0 Å². The fourth-order valence-corrected chi connectivity index (χ4v) is 10.7. The lowest BCUT2D eigenvalue weighted by atomic mass is 9.78. The van der Waals surface area contributed by atoms with E-state index in [1.807, 2.05) is 19.9 Å². The summed E-state index contributed by atoms with van der Waals surface area (Å²) < 4.78 is 35.3. The second-order valence-corrected chi connectivity index (χ2v) is 21.9. The first-order valence-corrected chi connectivity index (χ1v) is 26.5. The molecule has 3 aliphatic heterocycles. The number of aliphatic hydroxyl groups is 5. The van der Waals surface area contributed by atoms with Gasteiger partial charge in [0.25, 0.3) is 11.7 Å². The van der Waals surface area contributed by atoms with Crippen LogP contribution in [-0.2, 0) is 57.2 Å². The van der Waals surface area contributed by atoms with Gasteiger partial charge < -0.3 is 58.9 Å². The Balaban J connectivity index is 1.71. The van der Waals surface area contributed by atoms with Crippen LogP contribution in [0.4, 0.5) is 0 Å². The van der Waals surface area contributed by atoms with E-state index < -0.39 is 144 Å². The molecule has 0 aromatic heterocycles. The van der Waals surface area contributed by atoms with E-state index in [0.717, 1.165) is 10.5 Å². The van der Waals surface area contributed by atoms with Gasteiger partial charge in [-0.3, -0.25) is 24.0 Å². The van der Waals surface area contributed by atoms with Crippen molar-refractivity contribution in [2.75, 3.05) is 41.1 Å². The number of carbonyl (C=O) groups excluding carboxylic acids is 6. The highest BCUT2D eigenvalue weighted by atomic mass is 16.6. The number of Topliss-reactive ketones (excluding diaryl/α,β-unsaturated/α-hetero) is 3. The summed E-state index contributed by atoms with van der Waals surface area (Å²) in [6, 6.07) is -1.22. The Hall–Kier alpha value is -3.98. The van der Waals surface area contributed by atoms with Crippen LogP contribution in [0.3, 0.4) is 0 Å². The number of methoxy groups -OCH3 is 3. The summed E-state index contributed by atoms with van der Waals surface area (Å²) in [6.45, 7) is 12.1. The molecule has 0 aromatic carbocycles. The second-order valence-electron chi connectivity index (χ2n) is 21.9. The summed E-state index contributed by atoms with van der Waals surface area (Å²) in [5.41, 5.74) is -0.475. The van der Waals surface area contributed by atoms with Crippen LogP contribution < -0.4 is 0 Å². The number of allylic oxidation sites excluding steroid dienone is 5. The minimum Gasteiger partial charge on any atom is -0.460 e. The van der Waals surface area contributed by atoms with E-state index >= 15 is 0 Å². The summed E-state index contributed by atoms with van der Waals surface area (Å²) in [5, 5.41) is 54.4. The van der Waals surface area contributed by atoms with Crippen LogP contribution in [0.1, 0.15) is 126 Å². The van der Waals surface area contributed by atoms with E-state index in [-0.39, 0.29) is 37.3 Å². The topological polar surface area (TPSA) is 262 Å². The van der Waals surface area contributed by atoms with Gasteiger partial charge in [-0.2, -0.15) is 0 Å². The number of rotatable bonds is 10. The minimum absolute atomic E-state index is 0.0293. The quantitative estimate of drug-likeness (QED) is 0.147. The molecular weight excluding hydrogens is 959 g/mol. The van der Waals surface area contributed by atoms with Crippen molar-refractivity contribution in [2.24, 2.45) is 40.9 Å². The van der Waals surface area contributed by atoms with E-state index in [4.69, 9.17) is 28.4 Å². The van der Waals surface area contributed by atoms with Crippen LogP contribution in [0.25, 0.3) is 0 Å². The zero-order valence-corrected chi connectivity index (χ0v) is 45.6. The van der Waals surface area contributed by atoms with Crippen molar-refractivity contribution in [1.82, 2.24) is 4.90 Å². The van der Waals surface area contributed by atoms with E-state index in [0.29, 0.717) is 51.4 Å². The molecule has 2 saturated heterocycles. The van der Waals surface area contributed by atoms with Gasteiger partial charge in [0, 0.05) is 64.4 Å². The molecule has 4 aliphatic rings. The molecule has 4 rings (SSSR count). The Morgan fingerprint density at radius 1 is 0.851 bits per heavy atom. The van der Waals surface area contributed by atoms with Crippen molar-refractivity contribution < 1.29 is 82.7 Å². The third kappa shape index (κ3) is 15.6. The number of fused-ring (bicyclic) bond motifs is 3. The SMILES string of the molecule is CO[C@H]1CC2CC[C@@H](C)[C@@](O)(O2)C(=O)C(=O)N2CCCC[C@H]2C(=O)O[C@H]([C@H](C)C[C@@H]2CC[C@@H](OC(=O)C(C)(CO)CO)[C@H](OC)C2)CC(=O)C(C)=CC(C)[C@@H](O)[C@@H](OC)C(=O)[C@H](C)C(O)[C@H](C)C=CC=CC=C1C. The average Bonchev–Trinajstić information content (AvgIpc) is 3.39. The first-order valence-electron chi connectivity index (χ1n) is 26.5. The van der Waals surface area contributed by atoms with E-state index in [9.17, 15) is 54.3 Å². The van der Waals surface area contributed by atoms with Gasteiger partial charge in [-0.25, -0.2) is 4.79 Å². The predicted octanol–water partition coefficient (Wildman–Crippen LogP) is 4.69. The standard InChI is InChI=1S/C56H87NO17/c1-32-17-13-12-14-18-33(2)47(61)38(7)49(63)50(71-11)48(62)36(5)25-34(3)42(60)29-45(35(4)26-39-21-23-43(46(27-39)70-10)73-54(67)55(8,30-58)31-59)72-53(66)41-19-15-16-24-57(41)52(65)51(64)56(68)37(6)20-22-40(74-56)28-44(32)69-9/h12-14,17-18,25,33,35-41,43-48,50,58-59,61-62,68H,15-16,19-24,26-31H2,1-11H3/t33-,35-,36?,37-,38-,39+,40?,41+,43-,44+,45+,46-,47?,48-,50-,56-/m1/s1. The molecular formula is C56H87NO17. The number of piperidine rings is 1. The van der Waals surface area contributed by atoms with Crippen LogP contribution >= 0.6 is 0 Å². The summed E-state index contributed by atoms with van der Waals surface area (Å²) in [5.74, 6) is -10.8. The lowest BCUT2D eigenvalue weighted by Crippen LogP contribution is -2.61. The number of hydrogen-bond donors (Lipinski definition) is 5. The van der Waals surface area contributed by atoms with Crippen LogP contribution in [0, 0.1) is 40.9 Å². The zero-order valence-electron chi connectivity index (χ0n) is 45.6. The summed E-state index contributed by atoms with van der Waals surface area (Å²) in [4.78, 5) is 85.4. The maximum atomic E-state index is 14.5. The van der Waals surface area contributed by atoms with Gasteiger partial charge in [0.05, 0.1) is 43.7 Å². The van der Waals surface area contributed by atoms with Crippen molar-refractivity contribution in [2.45, 2.75) is 187 Å². The maximum absolute atomic E-state index is 14.5. The number of ketones is 3. The summed E-state index contributed by atoms with van der Waals surface area (Å²) >= 11 is 0. The van der Waals surface area contributed by atoms with Crippen LogP contribution in [0.2, 0.25) is 0 Å². The molecule has 418 valence electrons. The first-order chi connectivity index (χ1) is 34.9. The number of hydrogen-bond acceptors (Lipinski definition) is 17. The largest absolute Gasteiger partial charge is 0.460 e. The van der Waals surface area contributed by atoms with Crippen LogP contribution in [0.15, 0.2) is 47.6 Å². The molecule has 18 heteroatoms. The highest BCUT2D eigenvalue weighted by molar-refractivity contribution is 6.39. The molecule has 3 fully saturated rings. The Bertz CT molecular complexity index is 2050. The monoisotopic (exact) mass is 1050 g/mol. The molecule has 1 aliphatic carbocycles. The molecule has 1 saturated carbocycles.